The lowest BCUT2D eigenvalue weighted by Gasteiger charge is -2.12. The molecule has 0 N–H and O–H groups in total. The van der Waals surface area contributed by atoms with Gasteiger partial charge in [-0.05, 0) is 89.0 Å². The summed E-state index contributed by atoms with van der Waals surface area (Å²) in [4.78, 5) is 24.5. The van der Waals surface area contributed by atoms with Crippen molar-refractivity contribution in [1.29, 1.82) is 0 Å². The molecule has 14 rings (SSSR count). The molecule has 0 aliphatic carbocycles. The molecule has 69 heavy (non-hydrogen) atoms. The Morgan fingerprint density at radius 3 is 1.54 bits per heavy atom. The highest BCUT2D eigenvalue weighted by Gasteiger charge is 2.20. The summed E-state index contributed by atoms with van der Waals surface area (Å²) >= 11 is 0. The first kappa shape index (κ1) is 38.7. The van der Waals surface area contributed by atoms with Crippen molar-refractivity contribution >= 4 is 65.5 Å². The summed E-state index contributed by atoms with van der Waals surface area (Å²) in [5, 5.41) is 5.73. The lowest BCUT2D eigenvalue weighted by Crippen LogP contribution is -2.06. The zero-order valence-electron chi connectivity index (χ0n) is 37.0. The lowest BCUT2D eigenvalue weighted by atomic mass is 9.97. The molecule has 0 radical (unpaired) electrons. The van der Waals surface area contributed by atoms with Crippen LogP contribution in [0.4, 0.5) is 0 Å². The summed E-state index contributed by atoms with van der Waals surface area (Å²) in [6, 6.07) is 77.1. The monoisotopic (exact) mass is 882 g/mol. The molecule has 0 atom stereocenters. The zero-order valence-corrected chi connectivity index (χ0v) is 37.0. The van der Waals surface area contributed by atoms with Crippen molar-refractivity contribution in [2.75, 3.05) is 0 Å². The average molecular weight is 883 g/mol. The van der Waals surface area contributed by atoms with E-state index in [1.165, 1.54) is 10.8 Å². The van der Waals surface area contributed by atoms with E-state index in [1.807, 2.05) is 72.9 Å². The Bertz CT molecular complexity index is 4250. The standard InChI is InChI=1S/C61H38N8/c1-4-15-39(16-5-1)59-64-60(40-17-6-2-7-18-40)66-61(65-59)69-53-26-13-11-24-48(53)50-34-43(28-31-54(50)69)41-19-14-20-42(33-41)44-27-30-49-47-23-10-12-25-52(47)68(56(49)35-44)46-29-32-55-51(36-46)58-57(37-62-38-63-58)67(55)45-21-8-3-9-22-45/h1-38H. The van der Waals surface area contributed by atoms with Crippen LogP contribution in [0, 0.1) is 0 Å². The van der Waals surface area contributed by atoms with Gasteiger partial charge in [0.15, 0.2) is 11.6 Å². The second-order valence-corrected chi connectivity index (χ2v) is 17.4. The van der Waals surface area contributed by atoms with Gasteiger partial charge in [-0.25, -0.2) is 15.0 Å². The summed E-state index contributed by atoms with van der Waals surface area (Å²) < 4.78 is 6.82. The lowest BCUT2D eigenvalue weighted by molar-refractivity contribution is 0.953. The van der Waals surface area contributed by atoms with Crippen molar-refractivity contribution in [2.24, 2.45) is 0 Å². The molecule has 0 aliphatic rings. The van der Waals surface area contributed by atoms with Gasteiger partial charge in [0, 0.05) is 49.4 Å². The molecule has 0 fully saturated rings. The van der Waals surface area contributed by atoms with Crippen LogP contribution in [0.3, 0.4) is 0 Å². The summed E-state index contributed by atoms with van der Waals surface area (Å²) in [6.45, 7) is 0. The smallest absolute Gasteiger partial charge is 0.238 e. The molecular formula is C61H38N8. The number of benzene rings is 9. The second kappa shape index (κ2) is 15.5. The number of aromatic nitrogens is 8. The van der Waals surface area contributed by atoms with Crippen LogP contribution >= 0.6 is 0 Å². The summed E-state index contributed by atoms with van der Waals surface area (Å²) in [5.74, 6) is 1.82. The Kier molecular flexibility index (Phi) is 8.72. The van der Waals surface area contributed by atoms with Gasteiger partial charge in [-0.3, -0.25) is 4.57 Å². The maximum Gasteiger partial charge on any atom is 0.238 e. The highest BCUT2D eigenvalue weighted by molar-refractivity contribution is 6.13. The van der Waals surface area contributed by atoms with Crippen LogP contribution in [0.5, 0.6) is 0 Å². The Labute approximate surface area is 395 Å². The number of nitrogens with zero attached hydrogens (tertiary/aromatic N) is 8. The summed E-state index contributed by atoms with van der Waals surface area (Å²) in [7, 11) is 0. The Morgan fingerprint density at radius 2 is 0.812 bits per heavy atom. The number of rotatable bonds is 7. The minimum atomic E-state index is 0.573. The van der Waals surface area contributed by atoms with E-state index in [9.17, 15) is 0 Å². The second-order valence-electron chi connectivity index (χ2n) is 17.4. The zero-order chi connectivity index (χ0) is 45.4. The third kappa shape index (κ3) is 6.27. The van der Waals surface area contributed by atoms with Gasteiger partial charge in [0.2, 0.25) is 5.95 Å². The van der Waals surface area contributed by atoms with E-state index in [-0.39, 0.29) is 0 Å². The number of fused-ring (bicyclic) bond motifs is 9. The quantitative estimate of drug-likeness (QED) is 0.159. The number of hydrogen-bond donors (Lipinski definition) is 0. The van der Waals surface area contributed by atoms with Crippen LogP contribution in [0.25, 0.3) is 128 Å². The van der Waals surface area contributed by atoms with Crippen LogP contribution < -0.4 is 0 Å². The largest absolute Gasteiger partial charge is 0.309 e. The minimum absolute atomic E-state index is 0.573. The average Bonchev–Trinajstić information content (AvgIpc) is 4.06. The molecule has 8 heteroatoms. The number of para-hydroxylation sites is 3. The van der Waals surface area contributed by atoms with E-state index in [0.29, 0.717) is 17.6 Å². The highest BCUT2D eigenvalue weighted by atomic mass is 15.2. The molecule has 322 valence electrons. The van der Waals surface area contributed by atoms with E-state index in [1.54, 1.807) is 6.33 Å². The van der Waals surface area contributed by atoms with E-state index >= 15 is 0 Å². The maximum absolute atomic E-state index is 5.13. The first-order chi connectivity index (χ1) is 34.2. The SMILES string of the molecule is c1ccc(-c2nc(-c3ccccc3)nc(-n3c4ccccc4c4cc(-c5cccc(-c6ccc7c8ccccc8n(-c8ccc9c(c8)c8ncncc8n9-c8ccccc8)c7c6)c5)ccc43)n2)cc1. The molecule has 5 aromatic heterocycles. The van der Waals surface area contributed by atoms with E-state index in [2.05, 4.69) is 170 Å². The van der Waals surface area contributed by atoms with Gasteiger partial charge in [-0.15, -0.1) is 0 Å². The van der Waals surface area contributed by atoms with Gasteiger partial charge < -0.3 is 9.13 Å². The molecule has 0 amide bonds. The molecule has 0 unspecified atom stereocenters. The van der Waals surface area contributed by atoms with Crippen molar-refractivity contribution in [3.63, 3.8) is 0 Å². The molecule has 8 nitrogen and oxygen atoms in total. The molecule has 0 saturated carbocycles. The fourth-order valence-electron chi connectivity index (χ4n) is 10.3. The first-order valence-corrected chi connectivity index (χ1v) is 23.1. The van der Waals surface area contributed by atoms with Gasteiger partial charge in [-0.1, -0.05) is 152 Å². The molecule has 0 bridgehead atoms. The first-order valence-electron chi connectivity index (χ1n) is 23.1. The third-order valence-electron chi connectivity index (χ3n) is 13.4. The van der Waals surface area contributed by atoms with Gasteiger partial charge in [-0.2, -0.15) is 9.97 Å². The Balaban J connectivity index is 0.890. The third-order valence-corrected chi connectivity index (χ3v) is 13.4. The van der Waals surface area contributed by atoms with Crippen LogP contribution in [0.2, 0.25) is 0 Å². The van der Waals surface area contributed by atoms with E-state index in [0.717, 1.165) is 99.5 Å². The maximum atomic E-state index is 5.13. The van der Waals surface area contributed by atoms with Crippen LogP contribution in [0.15, 0.2) is 231 Å². The molecule has 14 aromatic rings. The van der Waals surface area contributed by atoms with Gasteiger partial charge >= 0.3 is 0 Å². The molecule has 0 spiro atoms. The molecule has 9 aromatic carbocycles. The fourth-order valence-corrected chi connectivity index (χ4v) is 10.3. The molecular weight excluding hydrogens is 845 g/mol. The Hall–Kier alpha value is -9.53. The van der Waals surface area contributed by atoms with Gasteiger partial charge in [0.05, 0.1) is 44.8 Å². The van der Waals surface area contributed by atoms with Crippen LogP contribution in [-0.2, 0) is 0 Å². The van der Waals surface area contributed by atoms with Crippen molar-refractivity contribution in [3.05, 3.63) is 231 Å². The normalized spacial score (nSPS) is 11.8. The Morgan fingerprint density at radius 1 is 0.290 bits per heavy atom. The highest BCUT2D eigenvalue weighted by Crippen LogP contribution is 2.40. The van der Waals surface area contributed by atoms with Gasteiger partial charge in [0.25, 0.3) is 0 Å². The molecule has 0 saturated heterocycles. The predicted molar refractivity (Wildman–Crippen MR) is 280 cm³/mol. The van der Waals surface area contributed by atoms with Crippen molar-refractivity contribution in [2.45, 2.75) is 0 Å². The number of hydrogen-bond acceptors (Lipinski definition) is 5. The molecule has 5 heterocycles. The van der Waals surface area contributed by atoms with Crippen LogP contribution in [0.1, 0.15) is 0 Å². The topological polar surface area (TPSA) is 79.2 Å². The van der Waals surface area contributed by atoms with E-state index in [4.69, 9.17) is 19.9 Å². The summed E-state index contributed by atoms with van der Waals surface area (Å²) in [5.41, 5.74) is 15.9. The van der Waals surface area contributed by atoms with Crippen molar-refractivity contribution in [1.82, 2.24) is 38.6 Å². The fraction of sp³-hybridized carbons (Fsp3) is 0. The van der Waals surface area contributed by atoms with Gasteiger partial charge in [0.1, 0.15) is 6.33 Å². The van der Waals surface area contributed by atoms with Crippen molar-refractivity contribution in [3.8, 4) is 62.4 Å². The summed E-state index contributed by atoms with van der Waals surface area (Å²) in [6.07, 6.45) is 3.55. The van der Waals surface area contributed by atoms with E-state index < -0.39 is 0 Å². The molecule has 0 aliphatic heterocycles. The van der Waals surface area contributed by atoms with Crippen LogP contribution in [-0.4, -0.2) is 38.6 Å². The predicted octanol–water partition coefficient (Wildman–Crippen LogP) is 14.6. The van der Waals surface area contributed by atoms with Crippen molar-refractivity contribution < 1.29 is 0 Å². The minimum Gasteiger partial charge on any atom is -0.309 e.